The lowest BCUT2D eigenvalue weighted by molar-refractivity contribution is -0.124. The molecule has 0 heterocycles. The molecule has 0 radical (unpaired) electrons. The number of aliphatic hydroxyl groups excluding tert-OH is 1. The molecule has 0 aromatic heterocycles. The fourth-order valence-electron chi connectivity index (χ4n) is 2.02. The van der Waals surface area contributed by atoms with E-state index >= 15 is 0 Å². The summed E-state index contributed by atoms with van der Waals surface area (Å²) in [6, 6.07) is 0. The fraction of sp³-hybridized carbons (Fsp3) is 0.909. The van der Waals surface area contributed by atoms with E-state index in [2.05, 4.69) is 12.2 Å². The topological polar surface area (TPSA) is 49.3 Å². The van der Waals surface area contributed by atoms with Gasteiger partial charge in [-0.2, -0.15) is 0 Å². The SMILES string of the molecule is CCC(=O)NC1(CO)CCC(C)CC1. The number of rotatable bonds is 3. The average molecular weight is 199 g/mol. The van der Waals surface area contributed by atoms with Crippen molar-refractivity contribution in [1.82, 2.24) is 5.32 Å². The fourth-order valence-corrected chi connectivity index (χ4v) is 2.02. The molecular formula is C11H21NO2. The summed E-state index contributed by atoms with van der Waals surface area (Å²) in [6.45, 7) is 4.14. The van der Waals surface area contributed by atoms with Crippen LogP contribution in [0.2, 0.25) is 0 Å². The molecule has 14 heavy (non-hydrogen) atoms. The molecule has 1 saturated carbocycles. The van der Waals surface area contributed by atoms with E-state index in [0.717, 1.165) is 31.6 Å². The van der Waals surface area contributed by atoms with Gasteiger partial charge in [0, 0.05) is 6.42 Å². The lowest BCUT2D eigenvalue weighted by Crippen LogP contribution is -2.53. The number of carbonyl (C=O) groups is 1. The van der Waals surface area contributed by atoms with E-state index in [1.165, 1.54) is 0 Å². The molecule has 3 heteroatoms. The number of carbonyl (C=O) groups excluding carboxylic acids is 1. The zero-order valence-electron chi connectivity index (χ0n) is 9.18. The number of nitrogens with one attached hydrogen (secondary N) is 1. The zero-order chi connectivity index (χ0) is 10.6. The maximum absolute atomic E-state index is 11.3. The first-order valence-electron chi connectivity index (χ1n) is 5.54. The van der Waals surface area contributed by atoms with Gasteiger partial charge >= 0.3 is 0 Å². The molecule has 0 saturated heterocycles. The average Bonchev–Trinajstić information content (AvgIpc) is 2.22. The number of amides is 1. The van der Waals surface area contributed by atoms with Gasteiger partial charge in [0.15, 0.2) is 0 Å². The van der Waals surface area contributed by atoms with E-state index in [1.54, 1.807) is 0 Å². The Hall–Kier alpha value is -0.570. The minimum Gasteiger partial charge on any atom is -0.394 e. The zero-order valence-corrected chi connectivity index (χ0v) is 9.18. The number of aliphatic hydroxyl groups is 1. The Bertz CT molecular complexity index is 195. The van der Waals surface area contributed by atoms with E-state index in [4.69, 9.17) is 0 Å². The summed E-state index contributed by atoms with van der Waals surface area (Å²) < 4.78 is 0. The molecule has 1 amide bonds. The molecule has 82 valence electrons. The Morgan fingerprint density at radius 2 is 2.07 bits per heavy atom. The molecule has 0 bridgehead atoms. The van der Waals surface area contributed by atoms with Crippen LogP contribution in [-0.2, 0) is 4.79 Å². The van der Waals surface area contributed by atoms with Crippen LogP contribution in [0.15, 0.2) is 0 Å². The smallest absolute Gasteiger partial charge is 0.220 e. The Morgan fingerprint density at radius 3 is 2.50 bits per heavy atom. The minimum atomic E-state index is -0.320. The van der Waals surface area contributed by atoms with Crippen molar-refractivity contribution in [2.24, 2.45) is 5.92 Å². The van der Waals surface area contributed by atoms with Gasteiger partial charge in [0.2, 0.25) is 5.91 Å². The molecule has 0 atom stereocenters. The highest BCUT2D eigenvalue weighted by Crippen LogP contribution is 2.31. The van der Waals surface area contributed by atoms with Crippen LogP contribution in [0.1, 0.15) is 46.0 Å². The first-order chi connectivity index (χ1) is 6.62. The van der Waals surface area contributed by atoms with Crippen molar-refractivity contribution in [2.75, 3.05) is 6.61 Å². The summed E-state index contributed by atoms with van der Waals surface area (Å²) in [5.74, 6) is 0.779. The summed E-state index contributed by atoms with van der Waals surface area (Å²) in [6.07, 6.45) is 4.53. The molecule has 1 aliphatic rings. The van der Waals surface area contributed by atoms with Gasteiger partial charge in [0.25, 0.3) is 0 Å². The van der Waals surface area contributed by atoms with E-state index in [1.807, 2.05) is 6.92 Å². The molecular weight excluding hydrogens is 178 g/mol. The molecule has 0 aromatic rings. The first-order valence-corrected chi connectivity index (χ1v) is 5.54. The van der Waals surface area contributed by atoms with Crippen LogP contribution >= 0.6 is 0 Å². The second-order valence-electron chi connectivity index (χ2n) is 4.52. The van der Waals surface area contributed by atoms with Crippen molar-refractivity contribution in [3.05, 3.63) is 0 Å². The van der Waals surface area contributed by atoms with Gasteiger partial charge in [-0.1, -0.05) is 13.8 Å². The lowest BCUT2D eigenvalue weighted by Gasteiger charge is -2.38. The molecule has 0 aliphatic heterocycles. The number of hydrogen-bond donors (Lipinski definition) is 2. The Morgan fingerprint density at radius 1 is 1.50 bits per heavy atom. The first kappa shape index (κ1) is 11.5. The van der Waals surface area contributed by atoms with Crippen molar-refractivity contribution in [1.29, 1.82) is 0 Å². The lowest BCUT2D eigenvalue weighted by atomic mass is 9.77. The normalized spacial score (nSPS) is 32.6. The predicted molar refractivity (Wildman–Crippen MR) is 55.9 cm³/mol. The Labute approximate surface area is 85.9 Å². The molecule has 3 nitrogen and oxygen atoms in total. The standard InChI is InChI=1S/C11H21NO2/c1-3-10(14)12-11(8-13)6-4-9(2)5-7-11/h9,13H,3-8H2,1-2H3,(H,12,14). The molecule has 0 unspecified atom stereocenters. The van der Waals surface area contributed by atoms with Gasteiger partial charge in [-0.3, -0.25) is 4.79 Å². The third-order valence-electron chi connectivity index (χ3n) is 3.26. The van der Waals surface area contributed by atoms with Gasteiger partial charge in [-0.25, -0.2) is 0 Å². The molecule has 1 fully saturated rings. The third-order valence-corrected chi connectivity index (χ3v) is 3.26. The third kappa shape index (κ3) is 2.71. The van der Waals surface area contributed by atoms with Crippen molar-refractivity contribution in [2.45, 2.75) is 51.5 Å². The largest absolute Gasteiger partial charge is 0.394 e. The highest BCUT2D eigenvalue weighted by atomic mass is 16.3. The highest BCUT2D eigenvalue weighted by molar-refractivity contribution is 5.76. The van der Waals surface area contributed by atoms with Crippen LogP contribution in [0.5, 0.6) is 0 Å². The number of hydrogen-bond acceptors (Lipinski definition) is 2. The van der Waals surface area contributed by atoms with Gasteiger partial charge in [0.1, 0.15) is 0 Å². The van der Waals surface area contributed by atoms with Gasteiger partial charge in [-0.05, 0) is 31.6 Å². The van der Waals surface area contributed by atoms with E-state index in [9.17, 15) is 9.90 Å². The van der Waals surface area contributed by atoms with Crippen LogP contribution in [0, 0.1) is 5.92 Å². The van der Waals surface area contributed by atoms with Crippen LogP contribution < -0.4 is 5.32 Å². The second-order valence-corrected chi connectivity index (χ2v) is 4.52. The second kappa shape index (κ2) is 4.78. The summed E-state index contributed by atoms with van der Waals surface area (Å²) in [4.78, 5) is 11.3. The van der Waals surface area contributed by atoms with Gasteiger partial charge in [0.05, 0.1) is 12.1 Å². The molecule has 0 spiro atoms. The Balaban J connectivity index is 2.54. The highest BCUT2D eigenvalue weighted by Gasteiger charge is 2.34. The molecule has 0 aromatic carbocycles. The Kier molecular flexibility index (Phi) is 3.93. The van der Waals surface area contributed by atoms with Crippen LogP contribution in [0.4, 0.5) is 0 Å². The monoisotopic (exact) mass is 199 g/mol. The maximum atomic E-state index is 11.3. The summed E-state index contributed by atoms with van der Waals surface area (Å²) >= 11 is 0. The van der Waals surface area contributed by atoms with Crippen LogP contribution in [0.3, 0.4) is 0 Å². The van der Waals surface area contributed by atoms with Crippen molar-refractivity contribution < 1.29 is 9.90 Å². The summed E-state index contributed by atoms with van der Waals surface area (Å²) in [5, 5.41) is 12.3. The maximum Gasteiger partial charge on any atom is 0.220 e. The van der Waals surface area contributed by atoms with E-state index in [0.29, 0.717) is 6.42 Å². The summed E-state index contributed by atoms with van der Waals surface area (Å²) in [5.41, 5.74) is -0.320. The predicted octanol–water partition coefficient (Wildman–Crippen LogP) is 1.45. The van der Waals surface area contributed by atoms with Crippen LogP contribution in [-0.4, -0.2) is 23.2 Å². The van der Waals surface area contributed by atoms with E-state index in [-0.39, 0.29) is 18.1 Å². The molecule has 1 rings (SSSR count). The van der Waals surface area contributed by atoms with Gasteiger partial charge in [-0.15, -0.1) is 0 Å². The molecule has 2 N–H and O–H groups in total. The van der Waals surface area contributed by atoms with Gasteiger partial charge < -0.3 is 10.4 Å². The summed E-state index contributed by atoms with van der Waals surface area (Å²) in [7, 11) is 0. The quantitative estimate of drug-likeness (QED) is 0.723. The van der Waals surface area contributed by atoms with E-state index < -0.39 is 0 Å². The van der Waals surface area contributed by atoms with Crippen LogP contribution in [0.25, 0.3) is 0 Å². The molecule has 1 aliphatic carbocycles. The van der Waals surface area contributed by atoms with Crippen molar-refractivity contribution in [3.8, 4) is 0 Å². The minimum absolute atomic E-state index is 0.0496. The van der Waals surface area contributed by atoms with Crippen molar-refractivity contribution >= 4 is 5.91 Å². The van der Waals surface area contributed by atoms with Crippen molar-refractivity contribution in [3.63, 3.8) is 0 Å².